The topological polar surface area (TPSA) is 93.0 Å². The molecule has 0 aliphatic heterocycles. The zero-order valence-corrected chi connectivity index (χ0v) is 11.7. The number of hydrogen-bond donors (Lipinski definition) is 2. The fraction of sp³-hybridized carbons (Fsp3) is 0.286. The van der Waals surface area contributed by atoms with Crippen LogP contribution in [-0.2, 0) is 6.54 Å². The van der Waals surface area contributed by atoms with Crippen molar-refractivity contribution in [3.63, 3.8) is 0 Å². The van der Waals surface area contributed by atoms with Gasteiger partial charge in [0.2, 0.25) is 5.82 Å². The molecule has 2 aromatic rings. The zero-order valence-electron chi connectivity index (χ0n) is 11.7. The van der Waals surface area contributed by atoms with Crippen LogP contribution in [0.2, 0.25) is 0 Å². The Bertz CT molecular complexity index is 604. The number of rotatable bonds is 7. The van der Waals surface area contributed by atoms with E-state index < -0.39 is 4.92 Å². The van der Waals surface area contributed by atoms with E-state index in [0.29, 0.717) is 12.4 Å². The third-order valence-corrected chi connectivity index (χ3v) is 2.81. The molecular formula is C14H17N5O2. The largest absolute Gasteiger partial charge is 0.370 e. The molecular weight excluding hydrogens is 270 g/mol. The highest BCUT2D eigenvalue weighted by Gasteiger charge is 2.15. The van der Waals surface area contributed by atoms with Gasteiger partial charge in [-0.2, -0.15) is 0 Å². The maximum absolute atomic E-state index is 11.1. The third-order valence-electron chi connectivity index (χ3n) is 2.81. The minimum absolute atomic E-state index is 0.0408. The summed E-state index contributed by atoms with van der Waals surface area (Å²) in [6, 6.07) is 6.78. The van der Waals surface area contributed by atoms with Crippen LogP contribution in [0, 0.1) is 10.1 Å². The number of nitrogens with zero attached hydrogens (tertiary/aromatic N) is 3. The Labute approximate surface area is 122 Å². The fourth-order valence-electron chi connectivity index (χ4n) is 1.77. The summed E-state index contributed by atoms with van der Waals surface area (Å²) in [6.07, 6.45) is 4.34. The molecule has 110 valence electrons. The van der Waals surface area contributed by atoms with Crippen LogP contribution in [0.3, 0.4) is 0 Å². The first-order chi connectivity index (χ1) is 10.2. The average molecular weight is 287 g/mol. The van der Waals surface area contributed by atoms with Gasteiger partial charge in [-0.25, -0.2) is 4.98 Å². The lowest BCUT2D eigenvalue weighted by Gasteiger charge is -2.09. The molecule has 0 amide bonds. The summed E-state index contributed by atoms with van der Waals surface area (Å²) in [5.41, 5.74) is 0.890. The van der Waals surface area contributed by atoms with Gasteiger partial charge in [-0.05, 0) is 24.1 Å². The monoisotopic (exact) mass is 287 g/mol. The first-order valence-corrected chi connectivity index (χ1v) is 6.72. The Morgan fingerprint density at radius 1 is 1.29 bits per heavy atom. The van der Waals surface area contributed by atoms with Crippen molar-refractivity contribution in [2.24, 2.45) is 0 Å². The molecule has 0 aliphatic carbocycles. The van der Waals surface area contributed by atoms with E-state index in [1.165, 1.54) is 6.07 Å². The Hall–Kier alpha value is -2.70. The molecule has 0 spiro atoms. The predicted octanol–water partition coefficient (Wildman–Crippen LogP) is 2.82. The van der Waals surface area contributed by atoms with Crippen LogP contribution in [0.5, 0.6) is 0 Å². The fourth-order valence-corrected chi connectivity index (χ4v) is 1.77. The van der Waals surface area contributed by atoms with Gasteiger partial charge in [-0.1, -0.05) is 13.0 Å². The minimum Gasteiger partial charge on any atom is -0.370 e. The maximum atomic E-state index is 11.1. The van der Waals surface area contributed by atoms with Crippen molar-refractivity contribution >= 4 is 17.3 Å². The van der Waals surface area contributed by atoms with Gasteiger partial charge in [0.25, 0.3) is 0 Å². The van der Waals surface area contributed by atoms with Crippen molar-refractivity contribution in [1.29, 1.82) is 0 Å². The molecule has 0 aromatic carbocycles. The molecule has 0 atom stereocenters. The second-order valence-electron chi connectivity index (χ2n) is 4.46. The van der Waals surface area contributed by atoms with Gasteiger partial charge in [0, 0.05) is 31.5 Å². The molecule has 0 bridgehead atoms. The van der Waals surface area contributed by atoms with Crippen molar-refractivity contribution in [2.75, 3.05) is 17.2 Å². The van der Waals surface area contributed by atoms with Crippen LogP contribution in [0.1, 0.15) is 18.9 Å². The predicted molar refractivity (Wildman–Crippen MR) is 81.2 cm³/mol. The summed E-state index contributed by atoms with van der Waals surface area (Å²) in [7, 11) is 0. The molecule has 0 aliphatic rings. The summed E-state index contributed by atoms with van der Waals surface area (Å²) in [6.45, 7) is 3.24. The van der Waals surface area contributed by atoms with E-state index in [1.54, 1.807) is 18.5 Å². The SMILES string of the molecule is CCCNc1ccc([N+](=O)[O-])c(NCc2cccnc2)n1. The van der Waals surface area contributed by atoms with Gasteiger partial charge >= 0.3 is 5.69 Å². The molecule has 2 heterocycles. The Morgan fingerprint density at radius 2 is 2.14 bits per heavy atom. The van der Waals surface area contributed by atoms with Crippen LogP contribution in [0.15, 0.2) is 36.7 Å². The van der Waals surface area contributed by atoms with Gasteiger partial charge in [0.15, 0.2) is 0 Å². The Kier molecular flexibility index (Phi) is 5.03. The number of hydrogen-bond acceptors (Lipinski definition) is 6. The third kappa shape index (κ3) is 4.13. The Balaban J connectivity index is 2.16. The van der Waals surface area contributed by atoms with E-state index in [-0.39, 0.29) is 11.5 Å². The van der Waals surface area contributed by atoms with Crippen LogP contribution >= 0.6 is 0 Å². The molecule has 2 N–H and O–H groups in total. The number of anilines is 2. The van der Waals surface area contributed by atoms with Gasteiger partial charge in [0.1, 0.15) is 5.82 Å². The van der Waals surface area contributed by atoms with Crippen LogP contribution in [0.25, 0.3) is 0 Å². The van der Waals surface area contributed by atoms with E-state index >= 15 is 0 Å². The van der Waals surface area contributed by atoms with Crippen LogP contribution in [0.4, 0.5) is 17.3 Å². The summed E-state index contributed by atoms with van der Waals surface area (Å²) < 4.78 is 0. The highest BCUT2D eigenvalue weighted by molar-refractivity contribution is 5.60. The molecule has 0 fully saturated rings. The van der Waals surface area contributed by atoms with E-state index in [0.717, 1.165) is 18.5 Å². The smallest absolute Gasteiger partial charge is 0.311 e. The van der Waals surface area contributed by atoms with Crippen molar-refractivity contribution < 1.29 is 4.92 Å². The van der Waals surface area contributed by atoms with Crippen molar-refractivity contribution in [3.8, 4) is 0 Å². The number of nitrogens with one attached hydrogen (secondary N) is 2. The standard InChI is InChI=1S/C14H17N5O2/c1-2-7-16-13-6-5-12(19(20)21)14(18-13)17-10-11-4-3-8-15-9-11/h3-6,8-9H,2,7,10H2,1H3,(H2,16,17,18). The van der Waals surface area contributed by atoms with E-state index in [9.17, 15) is 10.1 Å². The zero-order chi connectivity index (χ0) is 15.1. The van der Waals surface area contributed by atoms with E-state index in [1.807, 2.05) is 19.1 Å². The molecule has 7 heteroatoms. The number of nitro groups is 1. The second-order valence-corrected chi connectivity index (χ2v) is 4.46. The van der Waals surface area contributed by atoms with Crippen LogP contribution < -0.4 is 10.6 Å². The van der Waals surface area contributed by atoms with E-state index in [4.69, 9.17) is 0 Å². The van der Waals surface area contributed by atoms with E-state index in [2.05, 4.69) is 20.6 Å². The van der Waals surface area contributed by atoms with Crippen molar-refractivity contribution in [3.05, 3.63) is 52.3 Å². The summed E-state index contributed by atoms with van der Waals surface area (Å²) in [5.74, 6) is 0.876. The van der Waals surface area contributed by atoms with Gasteiger partial charge in [-0.15, -0.1) is 0 Å². The lowest BCUT2D eigenvalue weighted by Crippen LogP contribution is -2.08. The molecule has 0 unspecified atom stereocenters. The van der Waals surface area contributed by atoms with Gasteiger partial charge in [-0.3, -0.25) is 15.1 Å². The highest BCUT2D eigenvalue weighted by atomic mass is 16.6. The van der Waals surface area contributed by atoms with Gasteiger partial charge in [0.05, 0.1) is 4.92 Å². The highest BCUT2D eigenvalue weighted by Crippen LogP contribution is 2.24. The second kappa shape index (κ2) is 7.18. The number of pyridine rings is 2. The maximum Gasteiger partial charge on any atom is 0.311 e. The first kappa shape index (κ1) is 14.7. The molecule has 0 saturated carbocycles. The lowest BCUT2D eigenvalue weighted by molar-refractivity contribution is -0.384. The Morgan fingerprint density at radius 3 is 2.81 bits per heavy atom. The summed E-state index contributed by atoms with van der Waals surface area (Å²) >= 11 is 0. The molecule has 21 heavy (non-hydrogen) atoms. The minimum atomic E-state index is -0.442. The normalized spacial score (nSPS) is 10.1. The summed E-state index contributed by atoms with van der Waals surface area (Å²) in [4.78, 5) is 18.9. The molecule has 0 radical (unpaired) electrons. The molecule has 2 rings (SSSR count). The van der Waals surface area contributed by atoms with Crippen molar-refractivity contribution in [1.82, 2.24) is 9.97 Å². The average Bonchev–Trinajstić information content (AvgIpc) is 2.51. The summed E-state index contributed by atoms with van der Waals surface area (Å²) in [5, 5.41) is 17.2. The first-order valence-electron chi connectivity index (χ1n) is 6.72. The molecule has 2 aromatic heterocycles. The number of aromatic nitrogens is 2. The van der Waals surface area contributed by atoms with Crippen LogP contribution in [-0.4, -0.2) is 21.4 Å². The lowest BCUT2D eigenvalue weighted by atomic mass is 10.3. The quantitative estimate of drug-likeness (QED) is 0.601. The molecule has 0 saturated heterocycles. The van der Waals surface area contributed by atoms with Gasteiger partial charge < -0.3 is 10.6 Å². The molecule has 7 nitrogen and oxygen atoms in total. The van der Waals surface area contributed by atoms with Crippen molar-refractivity contribution in [2.45, 2.75) is 19.9 Å².